The predicted molar refractivity (Wildman–Crippen MR) is 93.5 cm³/mol. The van der Waals surface area contributed by atoms with Gasteiger partial charge in [-0.1, -0.05) is 37.3 Å². The van der Waals surface area contributed by atoms with E-state index in [0.29, 0.717) is 16.3 Å². The van der Waals surface area contributed by atoms with Crippen molar-refractivity contribution in [1.82, 2.24) is 0 Å². The van der Waals surface area contributed by atoms with Gasteiger partial charge in [0.15, 0.2) is 6.61 Å². The Morgan fingerprint density at radius 3 is 2.46 bits per heavy atom. The molecule has 5 nitrogen and oxygen atoms in total. The van der Waals surface area contributed by atoms with E-state index < -0.39 is 29.3 Å². The van der Waals surface area contributed by atoms with Crippen LogP contribution in [0.3, 0.4) is 0 Å². The second-order valence-corrected chi connectivity index (χ2v) is 6.78. The lowest BCUT2D eigenvalue weighted by molar-refractivity contribution is -0.119. The van der Waals surface area contributed by atoms with E-state index in [0.717, 1.165) is 5.56 Å². The summed E-state index contributed by atoms with van der Waals surface area (Å²) in [6, 6.07) is 13.9. The zero-order valence-electron chi connectivity index (χ0n) is 13.6. The van der Waals surface area contributed by atoms with Crippen LogP contribution in [0.1, 0.15) is 22.8 Å². The van der Waals surface area contributed by atoms with E-state index in [2.05, 4.69) is 5.32 Å². The Morgan fingerprint density at radius 2 is 1.75 bits per heavy atom. The zero-order chi connectivity index (χ0) is 17.5. The first-order chi connectivity index (χ1) is 11.5. The number of nitrogens with one attached hydrogen (secondary N) is 1. The lowest BCUT2D eigenvalue weighted by Crippen LogP contribution is -2.22. The van der Waals surface area contributed by atoms with Crippen LogP contribution in [0.4, 0.5) is 5.69 Å². The van der Waals surface area contributed by atoms with Crippen LogP contribution in [-0.2, 0) is 20.3 Å². The molecule has 0 saturated heterocycles. The van der Waals surface area contributed by atoms with E-state index in [1.165, 1.54) is 0 Å². The van der Waals surface area contributed by atoms with E-state index in [1.54, 1.807) is 37.3 Å². The Balaban J connectivity index is 2.00. The quantitative estimate of drug-likeness (QED) is 0.817. The lowest BCUT2D eigenvalue weighted by atomic mass is 10.2. The van der Waals surface area contributed by atoms with Gasteiger partial charge in [0.05, 0.1) is 21.3 Å². The van der Waals surface area contributed by atoms with Crippen molar-refractivity contribution < 1.29 is 18.5 Å². The molecule has 0 fully saturated rings. The third-order valence-electron chi connectivity index (χ3n) is 3.37. The molecule has 2 rings (SSSR count). The zero-order valence-corrected chi connectivity index (χ0v) is 14.4. The molecule has 1 atom stereocenters. The number of aryl methyl sites for hydroxylation is 1. The van der Waals surface area contributed by atoms with E-state index in [4.69, 9.17) is 4.74 Å². The average molecular weight is 345 g/mol. The third-order valence-corrected chi connectivity index (χ3v) is 4.74. The molecule has 0 radical (unpaired) electrons. The average Bonchev–Trinajstić information content (AvgIpc) is 2.61. The molecule has 0 bridgehead atoms. The van der Waals surface area contributed by atoms with Gasteiger partial charge in [-0.3, -0.25) is 9.00 Å². The monoisotopic (exact) mass is 345 g/mol. The highest BCUT2D eigenvalue weighted by molar-refractivity contribution is 7.85. The molecule has 1 amide bonds. The first-order valence-corrected chi connectivity index (χ1v) is 8.84. The molecule has 0 aliphatic carbocycles. The van der Waals surface area contributed by atoms with Crippen LogP contribution in [0.2, 0.25) is 0 Å². The molecule has 126 valence electrons. The summed E-state index contributed by atoms with van der Waals surface area (Å²) in [6.07, 6.45) is 0. The molecule has 24 heavy (non-hydrogen) atoms. The summed E-state index contributed by atoms with van der Waals surface area (Å²) in [5.74, 6) is -0.683. The first kappa shape index (κ1) is 17.9. The van der Waals surface area contributed by atoms with Crippen LogP contribution in [-0.4, -0.2) is 28.4 Å². The molecule has 0 heterocycles. The largest absolute Gasteiger partial charge is 0.452 e. The molecule has 0 spiro atoms. The van der Waals surface area contributed by atoms with Crippen LogP contribution in [0.25, 0.3) is 0 Å². The minimum Gasteiger partial charge on any atom is -0.452 e. The minimum atomic E-state index is -1.27. The fourth-order valence-electron chi connectivity index (χ4n) is 2.10. The fraction of sp³-hybridized carbons (Fsp3) is 0.222. The van der Waals surface area contributed by atoms with E-state index in [-0.39, 0.29) is 5.56 Å². The molecule has 0 saturated carbocycles. The number of carbonyl (C=O) groups is 2. The second kappa shape index (κ2) is 8.40. The summed E-state index contributed by atoms with van der Waals surface area (Å²) in [5.41, 5.74) is 1.81. The Kier molecular flexibility index (Phi) is 6.26. The maximum atomic E-state index is 12.2. The maximum absolute atomic E-state index is 12.2. The van der Waals surface area contributed by atoms with Gasteiger partial charge < -0.3 is 10.1 Å². The van der Waals surface area contributed by atoms with Crippen LogP contribution < -0.4 is 5.32 Å². The Morgan fingerprint density at radius 1 is 1.08 bits per heavy atom. The van der Waals surface area contributed by atoms with Crippen LogP contribution in [0.5, 0.6) is 0 Å². The Labute approximate surface area is 143 Å². The van der Waals surface area contributed by atoms with E-state index in [1.807, 2.05) is 25.1 Å². The van der Waals surface area contributed by atoms with Crippen LogP contribution in [0.15, 0.2) is 53.4 Å². The molecule has 6 heteroatoms. The van der Waals surface area contributed by atoms with Crippen molar-refractivity contribution in [2.45, 2.75) is 18.7 Å². The van der Waals surface area contributed by atoms with E-state index >= 15 is 0 Å². The molecule has 2 aromatic rings. The van der Waals surface area contributed by atoms with Crippen molar-refractivity contribution in [3.63, 3.8) is 0 Å². The van der Waals surface area contributed by atoms with Gasteiger partial charge in [-0.05, 0) is 30.7 Å². The first-order valence-electron chi connectivity index (χ1n) is 7.53. The summed E-state index contributed by atoms with van der Waals surface area (Å²) in [7, 11) is -1.27. The number of ether oxygens (including phenoxy) is 1. The molecule has 0 aliphatic heterocycles. The summed E-state index contributed by atoms with van der Waals surface area (Å²) in [4.78, 5) is 24.5. The number of para-hydroxylation sites is 1. The van der Waals surface area contributed by atoms with Crippen LogP contribution >= 0.6 is 0 Å². The van der Waals surface area contributed by atoms with Gasteiger partial charge in [-0.2, -0.15) is 0 Å². The number of hydrogen-bond donors (Lipinski definition) is 1. The standard InChI is InChI=1S/C18H19NO4S/c1-3-24(22)16-11-7-5-9-14(16)18(21)23-12-17(20)19-15-10-6-4-8-13(15)2/h4-11H,3,12H2,1-2H3,(H,19,20)/t24-/m1/s1. The van der Waals surface area contributed by atoms with Crippen molar-refractivity contribution in [1.29, 1.82) is 0 Å². The van der Waals surface area contributed by atoms with Crippen molar-refractivity contribution in [3.05, 3.63) is 59.7 Å². The summed E-state index contributed by atoms with van der Waals surface area (Å²) < 4.78 is 17.0. The number of anilines is 1. The van der Waals surface area contributed by atoms with Crippen LogP contribution in [0, 0.1) is 6.92 Å². The Hall–Kier alpha value is -2.47. The van der Waals surface area contributed by atoms with E-state index in [9.17, 15) is 13.8 Å². The summed E-state index contributed by atoms with van der Waals surface area (Å²) in [5, 5.41) is 2.69. The fourth-order valence-corrected chi connectivity index (χ4v) is 3.04. The highest BCUT2D eigenvalue weighted by Gasteiger charge is 2.17. The summed E-state index contributed by atoms with van der Waals surface area (Å²) >= 11 is 0. The van der Waals surface area contributed by atoms with Gasteiger partial charge >= 0.3 is 5.97 Å². The number of hydrogen-bond acceptors (Lipinski definition) is 4. The van der Waals surface area contributed by atoms with Crippen molar-refractivity contribution >= 4 is 28.4 Å². The predicted octanol–water partition coefficient (Wildman–Crippen LogP) is 2.92. The van der Waals surface area contributed by atoms with Crippen molar-refractivity contribution in [3.8, 4) is 0 Å². The summed E-state index contributed by atoms with van der Waals surface area (Å²) in [6.45, 7) is 3.24. The van der Waals surface area contributed by atoms with Gasteiger partial charge in [0.1, 0.15) is 0 Å². The van der Waals surface area contributed by atoms with Gasteiger partial charge in [-0.15, -0.1) is 0 Å². The molecule has 0 aliphatic rings. The number of benzene rings is 2. The topological polar surface area (TPSA) is 72.5 Å². The molecular weight excluding hydrogens is 326 g/mol. The van der Waals surface area contributed by atoms with Gasteiger partial charge in [0, 0.05) is 11.4 Å². The van der Waals surface area contributed by atoms with Gasteiger partial charge in [-0.25, -0.2) is 4.79 Å². The third kappa shape index (κ3) is 4.52. The normalized spacial score (nSPS) is 11.6. The molecule has 0 aromatic heterocycles. The maximum Gasteiger partial charge on any atom is 0.339 e. The van der Waals surface area contributed by atoms with Gasteiger partial charge in [0.25, 0.3) is 5.91 Å². The van der Waals surface area contributed by atoms with Crippen molar-refractivity contribution in [2.24, 2.45) is 0 Å². The molecule has 0 unspecified atom stereocenters. The Bertz CT molecular complexity index is 773. The molecule has 2 aromatic carbocycles. The molecular formula is C18H19NO4S. The smallest absolute Gasteiger partial charge is 0.339 e. The highest BCUT2D eigenvalue weighted by Crippen LogP contribution is 2.16. The number of esters is 1. The van der Waals surface area contributed by atoms with Gasteiger partial charge in [0.2, 0.25) is 0 Å². The SMILES string of the molecule is CC[S@@](=O)c1ccccc1C(=O)OCC(=O)Nc1ccccc1C. The number of amides is 1. The second-order valence-electron chi connectivity index (χ2n) is 5.07. The minimum absolute atomic E-state index is 0.223. The highest BCUT2D eigenvalue weighted by atomic mass is 32.2. The number of rotatable bonds is 6. The number of carbonyl (C=O) groups excluding carboxylic acids is 2. The molecule has 1 N–H and O–H groups in total. The van der Waals surface area contributed by atoms with Crippen molar-refractivity contribution in [2.75, 3.05) is 17.7 Å². The lowest BCUT2D eigenvalue weighted by Gasteiger charge is -2.10.